The average Bonchev–Trinajstić information content (AvgIpc) is 2.34. The van der Waals surface area contributed by atoms with Crippen molar-refractivity contribution in [2.45, 2.75) is 13.5 Å². The number of nitrogens with zero attached hydrogens (tertiary/aromatic N) is 1. The van der Waals surface area contributed by atoms with Crippen molar-refractivity contribution in [2.75, 3.05) is 5.32 Å². The molecule has 0 amide bonds. The third-order valence-corrected chi connectivity index (χ3v) is 4.03. The summed E-state index contributed by atoms with van der Waals surface area (Å²) in [6, 6.07) is 7.86. The Kier molecular flexibility index (Phi) is 4.65. The summed E-state index contributed by atoms with van der Waals surface area (Å²) < 4.78 is 1.98. The summed E-state index contributed by atoms with van der Waals surface area (Å²) in [5, 5.41) is 4.06. The van der Waals surface area contributed by atoms with Crippen molar-refractivity contribution < 1.29 is 0 Å². The summed E-state index contributed by atoms with van der Waals surface area (Å²) in [6.07, 6.45) is 1.79. The Hall–Kier alpha value is -0.580. The predicted octanol–water partition coefficient (Wildman–Crippen LogP) is 5.18. The van der Waals surface area contributed by atoms with Gasteiger partial charge in [-0.25, -0.2) is 0 Å². The first-order valence-electron chi connectivity index (χ1n) is 5.36. The summed E-state index contributed by atoms with van der Waals surface area (Å²) in [7, 11) is 0. The summed E-state index contributed by atoms with van der Waals surface area (Å²) in [5.74, 6) is 0. The van der Waals surface area contributed by atoms with Crippen molar-refractivity contribution in [2.24, 2.45) is 0 Å². The highest BCUT2D eigenvalue weighted by Gasteiger charge is 2.04. The van der Waals surface area contributed by atoms with Crippen LogP contribution in [0.2, 0.25) is 5.02 Å². The number of anilines is 1. The third kappa shape index (κ3) is 3.46. The molecule has 5 heteroatoms. The molecule has 2 aromatic rings. The number of aryl methyl sites for hydroxylation is 1. The number of aromatic nitrogens is 1. The van der Waals surface area contributed by atoms with Gasteiger partial charge in [0.1, 0.15) is 0 Å². The van der Waals surface area contributed by atoms with E-state index in [1.165, 1.54) is 0 Å². The van der Waals surface area contributed by atoms with Crippen LogP contribution in [0.25, 0.3) is 0 Å². The second-order valence-corrected chi connectivity index (χ2v) is 6.08. The van der Waals surface area contributed by atoms with Gasteiger partial charge in [0.15, 0.2) is 0 Å². The number of halogens is 3. The van der Waals surface area contributed by atoms with Gasteiger partial charge >= 0.3 is 0 Å². The van der Waals surface area contributed by atoms with Crippen molar-refractivity contribution in [1.82, 2.24) is 4.98 Å². The first-order chi connectivity index (χ1) is 8.56. The highest BCUT2D eigenvalue weighted by atomic mass is 79.9. The number of hydrogen-bond acceptors (Lipinski definition) is 2. The molecule has 2 nitrogen and oxygen atoms in total. The fraction of sp³-hybridized carbons (Fsp3) is 0.154. The SMILES string of the molecule is Cc1cc(Br)c(NCc2ccc(Br)cn2)cc1Cl. The Morgan fingerprint density at radius 1 is 1.28 bits per heavy atom. The van der Waals surface area contributed by atoms with E-state index in [0.29, 0.717) is 6.54 Å². The van der Waals surface area contributed by atoms with Gasteiger partial charge in [-0.15, -0.1) is 0 Å². The highest BCUT2D eigenvalue weighted by molar-refractivity contribution is 9.10. The first-order valence-corrected chi connectivity index (χ1v) is 7.32. The van der Waals surface area contributed by atoms with Gasteiger partial charge < -0.3 is 5.32 Å². The molecule has 0 radical (unpaired) electrons. The zero-order chi connectivity index (χ0) is 13.1. The molecule has 2 rings (SSSR count). The first kappa shape index (κ1) is 13.8. The second-order valence-electron chi connectivity index (χ2n) is 3.90. The van der Waals surface area contributed by atoms with Gasteiger partial charge in [0, 0.05) is 20.2 Å². The smallest absolute Gasteiger partial charge is 0.0595 e. The number of hydrogen-bond donors (Lipinski definition) is 1. The van der Waals surface area contributed by atoms with Crippen LogP contribution in [-0.2, 0) is 6.54 Å². The lowest BCUT2D eigenvalue weighted by atomic mass is 10.2. The predicted molar refractivity (Wildman–Crippen MR) is 83.2 cm³/mol. The Morgan fingerprint density at radius 2 is 2.06 bits per heavy atom. The van der Waals surface area contributed by atoms with E-state index in [-0.39, 0.29) is 0 Å². The quantitative estimate of drug-likeness (QED) is 0.781. The average molecular weight is 391 g/mol. The Morgan fingerprint density at radius 3 is 2.72 bits per heavy atom. The minimum absolute atomic E-state index is 0.658. The van der Waals surface area contributed by atoms with Gasteiger partial charge in [-0.2, -0.15) is 0 Å². The second kappa shape index (κ2) is 6.04. The molecule has 0 aliphatic rings. The van der Waals surface area contributed by atoms with Crippen LogP contribution in [-0.4, -0.2) is 4.98 Å². The maximum atomic E-state index is 6.11. The molecular weight excluding hydrogens is 379 g/mol. The molecule has 0 aliphatic carbocycles. The summed E-state index contributed by atoms with van der Waals surface area (Å²) in [6.45, 7) is 2.64. The Bertz CT molecular complexity index is 556. The molecule has 0 spiro atoms. The van der Waals surface area contributed by atoms with Crippen molar-refractivity contribution in [3.63, 3.8) is 0 Å². The Labute approximate surface area is 128 Å². The molecule has 1 N–H and O–H groups in total. The molecule has 1 aromatic carbocycles. The van der Waals surface area contributed by atoms with Crippen molar-refractivity contribution in [1.29, 1.82) is 0 Å². The molecule has 0 unspecified atom stereocenters. The molecule has 1 aromatic heterocycles. The maximum Gasteiger partial charge on any atom is 0.0595 e. The molecular formula is C13H11Br2ClN2. The van der Waals surface area contributed by atoms with Crippen LogP contribution in [0.15, 0.2) is 39.4 Å². The van der Waals surface area contributed by atoms with Crippen molar-refractivity contribution >= 4 is 49.1 Å². The van der Waals surface area contributed by atoms with Crippen LogP contribution in [0.4, 0.5) is 5.69 Å². The fourth-order valence-corrected chi connectivity index (χ4v) is 2.47. The fourth-order valence-electron chi connectivity index (χ4n) is 1.48. The molecule has 0 atom stereocenters. The zero-order valence-electron chi connectivity index (χ0n) is 9.67. The van der Waals surface area contributed by atoms with Gasteiger partial charge in [-0.3, -0.25) is 4.98 Å². The number of rotatable bonds is 3. The molecule has 18 heavy (non-hydrogen) atoms. The van der Waals surface area contributed by atoms with E-state index < -0.39 is 0 Å². The van der Waals surface area contributed by atoms with E-state index in [4.69, 9.17) is 11.6 Å². The van der Waals surface area contributed by atoms with Crippen molar-refractivity contribution in [3.8, 4) is 0 Å². The van der Waals surface area contributed by atoms with Crippen LogP contribution in [0.5, 0.6) is 0 Å². The number of pyridine rings is 1. The topological polar surface area (TPSA) is 24.9 Å². The minimum Gasteiger partial charge on any atom is -0.378 e. The lowest BCUT2D eigenvalue weighted by Crippen LogP contribution is -2.02. The van der Waals surface area contributed by atoms with Gasteiger partial charge in [0.2, 0.25) is 0 Å². The zero-order valence-corrected chi connectivity index (χ0v) is 13.6. The van der Waals surface area contributed by atoms with E-state index in [2.05, 4.69) is 42.2 Å². The molecule has 0 aliphatic heterocycles. The lowest BCUT2D eigenvalue weighted by Gasteiger charge is -2.10. The molecule has 1 heterocycles. The normalized spacial score (nSPS) is 10.4. The standard InChI is InChI=1S/C13H11Br2ClN2/c1-8-4-11(15)13(5-12(8)16)18-7-10-3-2-9(14)6-17-10/h2-6,18H,7H2,1H3. The number of benzene rings is 1. The van der Waals surface area contributed by atoms with E-state index >= 15 is 0 Å². The summed E-state index contributed by atoms with van der Waals surface area (Å²) in [4.78, 5) is 4.31. The molecule has 0 saturated carbocycles. The Balaban J connectivity index is 2.10. The molecule has 0 bridgehead atoms. The molecule has 94 valence electrons. The van der Waals surface area contributed by atoms with Gasteiger partial charge in [-0.1, -0.05) is 11.6 Å². The van der Waals surface area contributed by atoms with Crippen LogP contribution in [0.3, 0.4) is 0 Å². The van der Waals surface area contributed by atoms with E-state index in [0.717, 1.165) is 30.9 Å². The monoisotopic (exact) mass is 388 g/mol. The van der Waals surface area contributed by atoms with Gasteiger partial charge in [-0.05, 0) is 68.6 Å². The highest BCUT2D eigenvalue weighted by Crippen LogP contribution is 2.29. The lowest BCUT2D eigenvalue weighted by molar-refractivity contribution is 1.04. The third-order valence-electron chi connectivity index (χ3n) is 2.50. The van der Waals surface area contributed by atoms with Crippen LogP contribution < -0.4 is 5.32 Å². The molecule has 0 fully saturated rings. The number of nitrogens with one attached hydrogen (secondary N) is 1. The van der Waals surface area contributed by atoms with E-state index in [1.807, 2.05) is 31.2 Å². The van der Waals surface area contributed by atoms with Crippen LogP contribution in [0.1, 0.15) is 11.3 Å². The summed E-state index contributed by atoms with van der Waals surface area (Å²) in [5.41, 5.74) is 2.99. The van der Waals surface area contributed by atoms with Gasteiger partial charge in [0.05, 0.1) is 17.9 Å². The van der Waals surface area contributed by atoms with E-state index in [1.54, 1.807) is 6.20 Å². The van der Waals surface area contributed by atoms with E-state index in [9.17, 15) is 0 Å². The molecule has 0 saturated heterocycles. The van der Waals surface area contributed by atoms with Crippen LogP contribution >= 0.6 is 43.5 Å². The minimum atomic E-state index is 0.658. The largest absolute Gasteiger partial charge is 0.378 e. The van der Waals surface area contributed by atoms with Gasteiger partial charge in [0.25, 0.3) is 0 Å². The van der Waals surface area contributed by atoms with Crippen molar-refractivity contribution in [3.05, 3.63) is 55.7 Å². The maximum absolute atomic E-state index is 6.11. The van der Waals surface area contributed by atoms with Crippen LogP contribution in [0, 0.1) is 6.92 Å². The summed E-state index contributed by atoms with van der Waals surface area (Å²) >= 11 is 13.0.